The lowest BCUT2D eigenvalue weighted by Gasteiger charge is -2.18. The Labute approximate surface area is 139 Å². The second kappa shape index (κ2) is 8.60. The lowest BCUT2D eigenvalue weighted by molar-refractivity contribution is -0.192. The highest BCUT2D eigenvalue weighted by Crippen LogP contribution is 2.21. The molecule has 6 nitrogen and oxygen atoms in total. The van der Waals surface area contributed by atoms with Gasteiger partial charge in [0.1, 0.15) is 12.6 Å². The van der Waals surface area contributed by atoms with Gasteiger partial charge in [-0.25, -0.2) is 18.4 Å². The number of aliphatic carboxylic acids is 1. The topological polar surface area (TPSA) is 87.7 Å². The van der Waals surface area contributed by atoms with Gasteiger partial charge in [-0.05, 0) is 5.56 Å². The predicted molar refractivity (Wildman–Crippen MR) is 75.1 cm³/mol. The third-order valence-corrected chi connectivity index (χ3v) is 2.97. The van der Waals surface area contributed by atoms with Gasteiger partial charge in [0.15, 0.2) is 0 Å². The van der Waals surface area contributed by atoms with Crippen LogP contribution in [0.3, 0.4) is 0 Å². The summed E-state index contributed by atoms with van der Waals surface area (Å²) in [6.45, 7) is -0.303. The third-order valence-electron chi connectivity index (χ3n) is 2.97. The van der Waals surface area contributed by atoms with E-state index in [-0.39, 0.29) is 13.2 Å². The van der Waals surface area contributed by atoms with Crippen LogP contribution >= 0.6 is 0 Å². The lowest BCUT2D eigenvalue weighted by Crippen LogP contribution is -2.46. The van der Waals surface area contributed by atoms with Crippen LogP contribution in [0.1, 0.15) is 5.56 Å². The second-order valence-electron chi connectivity index (χ2n) is 4.95. The molecule has 0 aromatic heterocycles. The molecule has 1 atom stereocenters. The Morgan fingerprint density at radius 1 is 1.28 bits per heavy atom. The molecule has 140 valence electrons. The number of benzene rings is 1. The van der Waals surface area contributed by atoms with Crippen molar-refractivity contribution in [2.75, 3.05) is 13.1 Å². The summed E-state index contributed by atoms with van der Waals surface area (Å²) in [7, 11) is 0. The smallest absolute Gasteiger partial charge is 0.475 e. The molecular weight excluding hydrogens is 355 g/mol. The van der Waals surface area contributed by atoms with Gasteiger partial charge in [0.25, 0.3) is 5.92 Å². The van der Waals surface area contributed by atoms with Gasteiger partial charge in [-0.1, -0.05) is 30.3 Å². The number of halogens is 5. The summed E-state index contributed by atoms with van der Waals surface area (Å²) in [5, 5.41) is 11.8. The van der Waals surface area contributed by atoms with Crippen LogP contribution in [0.5, 0.6) is 0 Å². The zero-order chi connectivity index (χ0) is 19.1. The van der Waals surface area contributed by atoms with Crippen molar-refractivity contribution in [2.45, 2.75) is 24.7 Å². The fraction of sp³-hybridized carbons (Fsp3) is 0.429. The Balaban J connectivity index is 0.000000381. The molecule has 1 aromatic rings. The summed E-state index contributed by atoms with van der Waals surface area (Å²) in [5.74, 6) is -5.68. The van der Waals surface area contributed by atoms with E-state index in [4.69, 9.17) is 14.6 Å². The van der Waals surface area contributed by atoms with Crippen LogP contribution in [0.4, 0.5) is 26.7 Å². The summed E-state index contributed by atoms with van der Waals surface area (Å²) < 4.78 is 63.0. The van der Waals surface area contributed by atoms with E-state index in [1.54, 1.807) is 12.1 Å². The van der Waals surface area contributed by atoms with Gasteiger partial charge in [-0.2, -0.15) is 13.2 Å². The number of hydrogen-bond donors (Lipinski definition) is 3. The van der Waals surface area contributed by atoms with E-state index < -0.39 is 36.7 Å². The zero-order valence-corrected chi connectivity index (χ0v) is 12.6. The van der Waals surface area contributed by atoms with Crippen molar-refractivity contribution in [3.8, 4) is 0 Å². The summed E-state index contributed by atoms with van der Waals surface area (Å²) in [5.41, 5.74) is 0.809. The number of carboxylic acid groups (broad SMARTS) is 1. The molecule has 0 spiro atoms. The minimum absolute atomic E-state index is 0.0490. The monoisotopic (exact) mass is 370 g/mol. The first-order chi connectivity index (χ1) is 11.5. The van der Waals surface area contributed by atoms with Crippen LogP contribution < -0.4 is 10.6 Å². The molecule has 0 aliphatic carbocycles. The summed E-state index contributed by atoms with van der Waals surface area (Å²) in [4.78, 5) is 20.3. The van der Waals surface area contributed by atoms with Crippen LogP contribution in [0.15, 0.2) is 30.3 Å². The molecular formula is C14H15F5N2O4. The molecule has 1 aliphatic heterocycles. The highest BCUT2D eigenvalue weighted by molar-refractivity contribution is 5.73. The number of carboxylic acids is 1. The molecule has 1 fully saturated rings. The Kier molecular flexibility index (Phi) is 7.09. The van der Waals surface area contributed by atoms with Gasteiger partial charge < -0.3 is 20.5 Å². The lowest BCUT2D eigenvalue weighted by atomic mass is 10.2. The number of nitrogens with one attached hydrogen (secondary N) is 2. The largest absolute Gasteiger partial charge is 0.490 e. The van der Waals surface area contributed by atoms with Crippen LogP contribution in [0, 0.1) is 0 Å². The summed E-state index contributed by atoms with van der Waals surface area (Å²) in [6.07, 6.45) is -5.91. The number of alkyl halides is 5. The third kappa shape index (κ3) is 7.33. The molecule has 1 saturated heterocycles. The molecule has 11 heteroatoms. The SMILES string of the molecule is O=C(NC1CNCC1(F)F)OCc1ccccc1.O=C(O)C(F)(F)F. The molecule has 25 heavy (non-hydrogen) atoms. The van der Waals surface area contributed by atoms with Crippen LogP contribution in [0.25, 0.3) is 0 Å². The number of carbonyl (C=O) groups is 2. The van der Waals surface area contributed by atoms with Crippen molar-refractivity contribution in [2.24, 2.45) is 0 Å². The standard InChI is InChI=1S/C12H14F2N2O2.C2HF3O2/c13-12(14)8-15-6-10(12)16-11(17)18-7-9-4-2-1-3-5-9;3-2(4,5)1(6)7/h1-5,10,15H,6-8H2,(H,16,17);(H,6,7). The molecule has 1 amide bonds. The maximum Gasteiger partial charge on any atom is 0.490 e. The van der Waals surface area contributed by atoms with E-state index in [1.165, 1.54) is 0 Å². The average molecular weight is 370 g/mol. The first kappa shape index (κ1) is 20.6. The van der Waals surface area contributed by atoms with Gasteiger partial charge >= 0.3 is 18.2 Å². The Morgan fingerprint density at radius 3 is 2.28 bits per heavy atom. The summed E-state index contributed by atoms with van der Waals surface area (Å²) in [6, 6.07) is 7.84. The van der Waals surface area contributed by atoms with Gasteiger partial charge in [0, 0.05) is 6.54 Å². The van der Waals surface area contributed by atoms with E-state index >= 15 is 0 Å². The van der Waals surface area contributed by atoms with E-state index in [9.17, 15) is 26.7 Å². The average Bonchev–Trinajstić information content (AvgIpc) is 2.84. The van der Waals surface area contributed by atoms with E-state index in [1.807, 2.05) is 18.2 Å². The molecule has 1 aromatic carbocycles. The van der Waals surface area contributed by atoms with Crippen molar-refractivity contribution >= 4 is 12.1 Å². The van der Waals surface area contributed by atoms with Gasteiger partial charge in [-0.15, -0.1) is 0 Å². The van der Waals surface area contributed by atoms with Crippen molar-refractivity contribution in [1.82, 2.24) is 10.6 Å². The highest BCUT2D eigenvalue weighted by Gasteiger charge is 2.45. The number of carbonyl (C=O) groups excluding carboxylic acids is 1. The number of ether oxygens (including phenoxy) is 1. The molecule has 2 rings (SSSR count). The molecule has 3 N–H and O–H groups in total. The van der Waals surface area contributed by atoms with Crippen LogP contribution in [-0.4, -0.2) is 48.4 Å². The maximum absolute atomic E-state index is 13.2. The number of rotatable bonds is 3. The second-order valence-corrected chi connectivity index (χ2v) is 4.95. The minimum atomic E-state index is -5.08. The van der Waals surface area contributed by atoms with Crippen molar-refractivity contribution in [3.63, 3.8) is 0 Å². The van der Waals surface area contributed by atoms with E-state index in [0.717, 1.165) is 5.56 Å². The highest BCUT2D eigenvalue weighted by atomic mass is 19.4. The van der Waals surface area contributed by atoms with Gasteiger partial charge in [0.05, 0.1) is 6.54 Å². The van der Waals surface area contributed by atoms with Gasteiger partial charge in [-0.3, -0.25) is 0 Å². The Morgan fingerprint density at radius 2 is 1.84 bits per heavy atom. The number of amides is 1. The molecule has 1 aliphatic rings. The van der Waals surface area contributed by atoms with Crippen molar-refractivity contribution in [3.05, 3.63) is 35.9 Å². The molecule has 0 bridgehead atoms. The van der Waals surface area contributed by atoms with E-state index in [0.29, 0.717) is 0 Å². The first-order valence-corrected chi connectivity index (χ1v) is 6.88. The number of alkyl carbamates (subject to hydrolysis) is 1. The predicted octanol–water partition coefficient (Wildman–Crippen LogP) is 2.15. The normalized spacial score (nSPS) is 18.7. The number of hydrogen-bond acceptors (Lipinski definition) is 4. The summed E-state index contributed by atoms with van der Waals surface area (Å²) >= 11 is 0. The fourth-order valence-electron chi connectivity index (χ4n) is 1.72. The van der Waals surface area contributed by atoms with E-state index in [2.05, 4.69) is 10.6 Å². The van der Waals surface area contributed by atoms with Crippen LogP contribution in [0.2, 0.25) is 0 Å². The Hall–Kier alpha value is -2.43. The van der Waals surface area contributed by atoms with Crippen molar-refractivity contribution < 1.29 is 41.4 Å². The molecule has 1 unspecified atom stereocenters. The minimum Gasteiger partial charge on any atom is -0.475 e. The Bertz CT molecular complexity index is 580. The molecule has 0 radical (unpaired) electrons. The zero-order valence-electron chi connectivity index (χ0n) is 12.6. The first-order valence-electron chi connectivity index (χ1n) is 6.88. The molecule has 1 heterocycles. The van der Waals surface area contributed by atoms with Crippen molar-refractivity contribution in [1.29, 1.82) is 0 Å². The molecule has 0 saturated carbocycles. The van der Waals surface area contributed by atoms with Crippen LogP contribution in [-0.2, 0) is 16.1 Å². The van der Waals surface area contributed by atoms with Gasteiger partial charge in [0.2, 0.25) is 0 Å². The fourth-order valence-corrected chi connectivity index (χ4v) is 1.72. The maximum atomic E-state index is 13.2. The quantitative estimate of drug-likeness (QED) is 0.710.